The molecule has 1 heterocycles. The highest BCUT2D eigenvalue weighted by Crippen LogP contribution is 2.46. The smallest absolute Gasteiger partial charge is 0.335 e. The van der Waals surface area contributed by atoms with Crippen LogP contribution in [0.15, 0.2) is 28.8 Å². The average molecular weight is 424 g/mol. The molecule has 1 aromatic carbocycles. The Balaban J connectivity index is 2.33. The molecule has 0 spiro atoms. The molecule has 106 valence electrons. The highest BCUT2D eigenvalue weighted by molar-refractivity contribution is 9.12. The molecule has 5 nitrogen and oxygen atoms in total. The van der Waals surface area contributed by atoms with Crippen LogP contribution in [0.1, 0.15) is 26.7 Å². The van der Waals surface area contributed by atoms with Gasteiger partial charge in [-0.2, -0.15) is 0 Å². The number of hydrogen-bond acceptors (Lipinski definition) is 4. The lowest BCUT2D eigenvalue weighted by molar-refractivity contribution is -0.386. The molecule has 0 aliphatic carbocycles. The summed E-state index contributed by atoms with van der Waals surface area (Å²) in [6.45, 7) is 1.54. The van der Waals surface area contributed by atoms with Crippen LogP contribution in [0, 0.1) is 17.0 Å². The molecule has 0 amide bonds. The van der Waals surface area contributed by atoms with E-state index in [0.29, 0.717) is 5.02 Å². The van der Waals surface area contributed by atoms with E-state index in [4.69, 9.17) is 16.1 Å². The van der Waals surface area contributed by atoms with Crippen molar-refractivity contribution in [1.29, 1.82) is 0 Å². The van der Waals surface area contributed by atoms with E-state index in [1.54, 1.807) is 12.1 Å². The predicted octanol–water partition coefficient (Wildman–Crippen LogP) is 5.12. The summed E-state index contributed by atoms with van der Waals surface area (Å²) in [5.74, 6) is 0.185. The maximum atomic E-state index is 11.1. The first-order valence-electron chi connectivity index (χ1n) is 5.56. The molecular formula is C12H9Br2ClN2O3. The lowest BCUT2D eigenvalue weighted by Gasteiger charge is -2.14. The fraction of sp³-hybridized carbons (Fsp3) is 0.250. The zero-order chi connectivity index (χ0) is 14.9. The predicted molar refractivity (Wildman–Crippen MR) is 82.7 cm³/mol. The Kier molecular flexibility index (Phi) is 4.82. The van der Waals surface area contributed by atoms with Crippen LogP contribution in [0.3, 0.4) is 0 Å². The highest BCUT2D eigenvalue weighted by atomic mass is 79.9. The summed E-state index contributed by atoms with van der Waals surface area (Å²) in [5.41, 5.74) is 1.06. The molecule has 0 aliphatic heterocycles. The Bertz CT molecular complexity index is 630. The molecule has 0 radical (unpaired) electrons. The van der Waals surface area contributed by atoms with Crippen molar-refractivity contribution in [2.75, 3.05) is 0 Å². The van der Waals surface area contributed by atoms with Crippen LogP contribution < -0.4 is 0 Å². The number of rotatable bonds is 4. The number of aryl methyl sites for hydroxylation is 1. The van der Waals surface area contributed by atoms with Gasteiger partial charge in [0.1, 0.15) is 0 Å². The largest absolute Gasteiger partial charge is 0.352 e. The molecule has 1 aromatic heterocycles. The first-order chi connectivity index (χ1) is 9.41. The molecule has 0 N–H and O–H groups in total. The summed E-state index contributed by atoms with van der Waals surface area (Å²) in [6.07, 6.45) is 0. The summed E-state index contributed by atoms with van der Waals surface area (Å²) < 4.78 is 5.09. The molecule has 2 atom stereocenters. The molecule has 0 fully saturated rings. The summed E-state index contributed by atoms with van der Waals surface area (Å²) in [5, 5.41) is 15.4. The van der Waals surface area contributed by atoms with Crippen molar-refractivity contribution in [3.63, 3.8) is 0 Å². The Labute approximate surface area is 136 Å². The number of nitrogens with zero attached hydrogens (tertiary/aromatic N) is 2. The second-order valence-corrected chi connectivity index (χ2v) is 6.50. The molecule has 0 saturated carbocycles. The van der Waals surface area contributed by atoms with Gasteiger partial charge in [0.05, 0.1) is 14.6 Å². The second-order valence-electron chi connectivity index (χ2n) is 4.09. The van der Waals surface area contributed by atoms with Crippen LogP contribution in [-0.2, 0) is 0 Å². The van der Waals surface area contributed by atoms with Crippen molar-refractivity contribution in [2.24, 2.45) is 0 Å². The van der Waals surface area contributed by atoms with Crippen molar-refractivity contribution in [2.45, 2.75) is 16.6 Å². The Morgan fingerprint density at radius 2 is 1.90 bits per heavy atom. The lowest BCUT2D eigenvalue weighted by Crippen LogP contribution is -2.01. The molecule has 0 aliphatic rings. The van der Waals surface area contributed by atoms with Crippen LogP contribution in [-0.4, -0.2) is 10.1 Å². The lowest BCUT2D eigenvalue weighted by atomic mass is 10.1. The van der Waals surface area contributed by atoms with Gasteiger partial charge in [0.2, 0.25) is 5.76 Å². The third-order valence-electron chi connectivity index (χ3n) is 2.74. The van der Waals surface area contributed by atoms with E-state index in [1.165, 1.54) is 6.92 Å². The molecule has 0 bridgehead atoms. The van der Waals surface area contributed by atoms with Crippen molar-refractivity contribution in [3.05, 3.63) is 56.4 Å². The van der Waals surface area contributed by atoms with E-state index < -0.39 is 9.75 Å². The van der Waals surface area contributed by atoms with Crippen molar-refractivity contribution < 1.29 is 9.45 Å². The standard InChI is InChI=1S/C12H9Br2ClN2O3/c1-6-11(17(18)19)12(20-16-6)10(14)9(13)7-2-4-8(15)5-3-7/h2-5,9-10H,1H3. The quantitative estimate of drug-likeness (QED) is 0.388. The summed E-state index contributed by atoms with van der Waals surface area (Å²) in [4.78, 5) is 9.93. The zero-order valence-electron chi connectivity index (χ0n) is 10.2. The van der Waals surface area contributed by atoms with Crippen LogP contribution >= 0.6 is 43.5 Å². The van der Waals surface area contributed by atoms with Gasteiger partial charge in [0, 0.05) is 5.02 Å². The Hall–Kier alpha value is -0.920. The fourth-order valence-electron chi connectivity index (χ4n) is 1.73. The fourth-order valence-corrected chi connectivity index (χ4v) is 3.01. The van der Waals surface area contributed by atoms with E-state index in [0.717, 1.165) is 5.56 Å². The van der Waals surface area contributed by atoms with Gasteiger partial charge < -0.3 is 4.52 Å². The van der Waals surface area contributed by atoms with E-state index >= 15 is 0 Å². The molecule has 20 heavy (non-hydrogen) atoms. The van der Waals surface area contributed by atoms with Gasteiger partial charge in [0.25, 0.3) is 0 Å². The SMILES string of the molecule is Cc1noc(C(Br)C(Br)c2ccc(Cl)cc2)c1[N+](=O)[O-]. The topological polar surface area (TPSA) is 69.2 Å². The van der Waals surface area contributed by atoms with Gasteiger partial charge in [-0.1, -0.05) is 60.8 Å². The molecule has 2 aromatic rings. The van der Waals surface area contributed by atoms with E-state index in [2.05, 4.69) is 37.0 Å². The van der Waals surface area contributed by atoms with Gasteiger partial charge >= 0.3 is 5.69 Å². The van der Waals surface area contributed by atoms with Crippen LogP contribution in [0.25, 0.3) is 0 Å². The van der Waals surface area contributed by atoms with Crippen molar-refractivity contribution >= 4 is 49.1 Å². The maximum absolute atomic E-state index is 11.1. The minimum Gasteiger partial charge on any atom is -0.352 e. The minimum absolute atomic E-state index is 0.106. The normalized spacial score (nSPS) is 14.0. The van der Waals surface area contributed by atoms with E-state index in [9.17, 15) is 10.1 Å². The van der Waals surface area contributed by atoms with Gasteiger partial charge in [-0.05, 0) is 24.6 Å². The third-order valence-corrected chi connectivity index (χ3v) is 5.70. The summed E-state index contributed by atoms with van der Waals surface area (Å²) >= 11 is 12.8. The number of benzene rings is 1. The van der Waals surface area contributed by atoms with Gasteiger partial charge in [-0.25, -0.2) is 0 Å². The molecule has 2 rings (SSSR count). The van der Waals surface area contributed by atoms with Crippen LogP contribution in [0.2, 0.25) is 5.02 Å². The van der Waals surface area contributed by atoms with Crippen LogP contribution in [0.4, 0.5) is 5.69 Å². The monoisotopic (exact) mass is 422 g/mol. The first-order valence-corrected chi connectivity index (χ1v) is 7.77. The maximum Gasteiger partial charge on any atom is 0.335 e. The number of nitro groups is 1. The highest BCUT2D eigenvalue weighted by Gasteiger charge is 2.33. The van der Waals surface area contributed by atoms with E-state index in [-0.39, 0.29) is 22.0 Å². The third kappa shape index (κ3) is 3.05. The number of aromatic nitrogens is 1. The minimum atomic E-state index is -0.489. The number of halogens is 3. The first kappa shape index (κ1) is 15.5. The molecule has 2 unspecified atom stereocenters. The van der Waals surface area contributed by atoms with Crippen LogP contribution in [0.5, 0.6) is 0 Å². The Morgan fingerprint density at radius 1 is 1.30 bits per heavy atom. The van der Waals surface area contributed by atoms with Crippen molar-refractivity contribution in [1.82, 2.24) is 5.16 Å². The average Bonchev–Trinajstić information content (AvgIpc) is 2.80. The van der Waals surface area contributed by atoms with Gasteiger partial charge in [0.15, 0.2) is 5.69 Å². The van der Waals surface area contributed by atoms with Crippen molar-refractivity contribution in [3.8, 4) is 0 Å². The molecule has 0 saturated heterocycles. The number of hydrogen-bond donors (Lipinski definition) is 0. The number of alkyl halides is 2. The zero-order valence-corrected chi connectivity index (χ0v) is 14.1. The second kappa shape index (κ2) is 6.24. The van der Waals surface area contributed by atoms with Gasteiger partial charge in [-0.3, -0.25) is 10.1 Å². The summed E-state index contributed by atoms with van der Waals surface area (Å²) in [7, 11) is 0. The van der Waals surface area contributed by atoms with Gasteiger partial charge in [-0.15, -0.1) is 0 Å². The molecular weight excluding hydrogens is 415 g/mol. The van der Waals surface area contributed by atoms with E-state index in [1.807, 2.05) is 12.1 Å². The molecule has 8 heteroatoms. The summed E-state index contributed by atoms with van der Waals surface area (Å²) in [6, 6.07) is 7.19. The Morgan fingerprint density at radius 3 is 2.45 bits per heavy atom.